The second-order valence-electron chi connectivity index (χ2n) is 9.37. The number of imidazole rings is 1. The van der Waals surface area contributed by atoms with Gasteiger partial charge in [-0.05, 0) is 51.0 Å². The summed E-state index contributed by atoms with van der Waals surface area (Å²) in [5.41, 5.74) is 3.33. The van der Waals surface area contributed by atoms with Crippen molar-refractivity contribution in [3.05, 3.63) is 76.2 Å². The molecule has 1 aliphatic rings. The van der Waals surface area contributed by atoms with Crippen molar-refractivity contribution in [2.45, 2.75) is 45.9 Å². The average Bonchev–Trinajstić information content (AvgIpc) is 3.42. The molecule has 1 aliphatic heterocycles. The molecule has 0 radical (unpaired) electrons. The molecule has 5 rings (SSSR count). The Balaban J connectivity index is 1.59. The number of rotatable bonds is 7. The van der Waals surface area contributed by atoms with Crippen molar-refractivity contribution in [3.63, 3.8) is 0 Å². The number of halogens is 1. The van der Waals surface area contributed by atoms with Gasteiger partial charge in [-0.3, -0.25) is 9.13 Å². The van der Waals surface area contributed by atoms with E-state index in [0.29, 0.717) is 41.5 Å². The Labute approximate surface area is 208 Å². The van der Waals surface area contributed by atoms with Gasteiger partial charge in [-0.1, -0.05) is 18.2 Å². The smallest absolute Gasteiger partial charge is 0.329 e. The van der Waals surface area contributed by atoms with Crippen molar-refractivity contribution in [2.75, 3.05) is 25.1 Å². The van der Waals surface area contributed by atoms with Gasteiger partial charge in [-0.15, -0.1) is 5.10 Å². The first-order chi connectivity index (χ1) is 17.4. The fraction of sp³-hybridized carbons (Fsp3) is 0.370. The maximum atomic E-state index is 14.7. The van der Waals surface area contributed by atoms with Gasteiger partial charge in [-0.25, -0.2) is 9.18 Å². The molecule has 2 aromatic carbocycles. The van der Waals surface area contributed by atoms with Gasteiger partial charge in [0.15, 0.2) is 0 Å². The molecular formula is C27H30FN5O3. The van der Waals surface area contributed by atoms with E-state index < -0.39 is 0 Å². The van der Waals surface area contributed by atoms with Crippen LogP contribution in [0.25, 0.3) is 11.0 Å². The molecule has 9 heteroatoms. The van der Waals surface area contributed by atoms with Crippen LogP contribution in [0.1, 0.15) is 37.6 Å². The van der Waals surface area contributed by atoms with Gasteiger partial charge in [0, 0.05) is 19.2 Å². The van der Waals surface area contributed by atoms with Crippen molar-refractivity contribution in [2.24, 2.45) is 0 Å². The zero-order valence-electron chi connectivity index (χ0n) is 20.9. The van der Waals surface area contributed by atoms with Crippen molar-refractivity contribution in [1.82, 2.24) is 19.3 Å². The summed E-state index contributed by atoms with van der Waals surface area (Å²) in [6.45, 7) is 7.16. The molecule has 4 aromatic rings. The highest BCUT2D eigenvalue weighted by molar-refractivity contribution is 5.83. The van der Waals surface area contributed by atoms with Gasteiger partial charge in [0.1, 0.15) is 28.5 Å². The Kier molecular flexibility index (Phi) is 6.38. The Morgan fingerprint density at radius 2 is 1.94 bits per heavy atom. The normalized spacial score (nSPS) is 15.7. The predicted molar refractivity (Wildman–Crippen MR) is 137 cm³/mol. The van der Waals surface area contributed by atoms with E-state index in [1.54, 1.807) is 30.0 Å². The maximum absolute atomic E-state index is 14.7. The van der Waals surface area contributed by atoms with E-state index in [1.807, 2.05) is 54.5 Å². The Morgan fingerprint density at radius 1 is 1.14 bits per heavy atom. The van der Waals surface area contributed by atoms with Crippen LogP contribution in [0.2, 0.25) is 0 Å². The zero-order chi connectivity index (χ0) is 25.4. The highest BCUT2D eigenvalue weighted by Gasteiger charge is 2.31. The summed E-state index contributed by atoms with van der Waals surface area (Å²) in [5, 5.41) is 8.29. The minimum Gasteiger partial charge on any atom is -0.494 e. The third-order valence-electron chi connectivity index (χ3n) is 6.62. The lowest BCUT2D eigenvalue weighted by Gasteiger charge is -2.21. The number of aryl methyl sites for hydroxylation is 1. The van der Waals surface area contributed by atoms with Crippen LogP contribution in [0.15, 0.2) is 53.5 Å². The molecule has 1 fully saturated rings. The molecule has 36 heavy (non-hydrogen) atoms. The first-order valence-corrected chi connectivity index (χ1v) is 12.1. The number of aromatic nitrogens is 4. The van der Waals surface area contributed by atoms with Gasteiger partial charge < -0.3 is 14.4 Å². The lowest BCUT2D eigenvalue weighted by atomic mass is 10.2. The van der Waals surface area contributed by atoms with Gasteiger partial charge in [0.25, 0.3) is 0 Å². The number of hydrogen-bond acceptors (Lipinski definition) is 6. The Bertz CT molecular complexity index is 1440. The zero-order valence-corrected chi connectivity index (χ0v) is 20.9. The average molecular weight is 492 g/mol. The summed E-state index contributed by atoms with van der Waals surface area (Å²) in [5.74, 6) is 0.940. The van der Waals surface area contributed by atoms with Crippen LogP contribution >= 0.6 is 0 Å². The highest BCUT2D eigenvalue weighted by Crippen LogP contribution is 2.34. The van der Waals surface area contributed by atoms with Gasteiger partial charge in [0.2, 0.25) is 0 Å². The van der Waals surface area contributed by atoms with E-state index in [2.05, 4.69) is 10.2 Å². The molecular weight excluding hydrogens is 461 g/mol. The van der Waals surface area contributed by atoms with Crippen molar-refractivity contribution in [1.29, 1.82) is 0 Å². The van der Waals surface area contributed by atoms with Crippen LogP contribution in [0.3, 0.4) is 0 Å². The molecule has 0 saturated carbocycles. The van der Waals surface area contributed by atoms with Crippen LogP contribution in [-0.2, 0) is 6.54 Å². The molecule has 188 valence electrons. The second kappa shape index (κ2) is 9.64. The molecule has 0 amide bonds. The molecule has 0 aliphatic carbocycles. The molecule has 1 unspecified atom stereocenters. The highest BCUT2D eigenvalue weighted by atomic mass is 19.1. The lowest BCUT2D eigenvalue weighted by Crippen LogP contribution is -2.30. The number of methoxy groups -OCH3 is 1. The van der Waals surface area contributed by atoms with Crippen LogP contribution in [0, 0.1) is 12.7 Å². The molecule has 0 bridgehead atoms. The predicted octanol–water partition coefficient (Wildman–Crippen LogP) is 4.34. The van der Waals surface area contributed by atoms with Crippen LogP contribution in [-0.4, -0.2) is 45.6 Å². The van der Waals surface area contributed by atoms with Crippen LogP contribution in [0.5, 0.6) is 11.5 Å². The fourth-order valence-corrected chi connectivity index (χ4v) is 5.12. The molecule has 1 atom stereocenters. The Hall–Kier alpha value is -3.88. The van der Waals surface area contributed by atoms with E-state index in [0.717, 1.165) is 17.5 Å². The summed E-state index contributed by atoms with van der Waals surface area (Å²) in [6.07, 6.45) is 2.24. The van der Waals surface area contributed by atoms with Crippen molar-refractivity contribution in [3.8, 4) is 11.5 Å². The number of fused-ring (bicyclic) bond motifs is 1. The molecule has 1 saturated heterocycles. The summed E-state index contributed by atoms with van der Waals surface area (Å²) < 4.78 is 29.7. The number of ether oxygens (including phenoxy) is 2. The minimum absolute atomic E-state index is 0.0492. The lowest BCUT2D eigenvalue weighted by molar-refractivity contribution is 0.237. The third kappa shape index (κ3) is 4.19. The molecule has 2 aromatic heterocycles. The fourth-order valence-electron chi connectivity index (χ4n) is 5.12. The maximum Gasteiger partial charge on any atom is 0.329 e. The standard InChI is InChI=1S/C27H30FN5O3/c1-17(2)36-23-11-13-29-30-21(23)16-32-26-22(9-6-10-24(26)35-4)33(27(32)34)19-12-14-31(15-19)25-18(3)7-5-8-20(25)28/h5-11,13,17,19H,12,14-16H2,1-4H3. The minimum atomic E-state index is -0.243. The summed E-state index contributed by atoms with van der Waals surface area (Å²) in [6, 6.07) is 12.4. The number of hydrogen-bond donors (Lipinski definition) is 0. The first kappa shape index (κ1) is 23.8. The number of benzene rings is 2. The monoisotopic (exact) mass is 491 g/mol. The van der Waals surface area contributed by atoms with E-state index in [1.165, 1.54) is 6.07 Å². The third-order valence-corrected chi connectivity index (χ3v) is 6.62. The van der Waals surface area contributed by atoms with E-state index in [-0.39, 0.29) is 30.2 Å². The van der Waals surface area contributed by atoms with Gasteiger partial charge >= 0.3 is 5.69 Å². The largest absolute Gasteiger partial charge is 0.494 e. The molecule has 3 heterocycles. The number of nitrogens with zero attached hydrogens (tertiary/aromatic N) is 5. The molecule has 0 N–H and O–H groups in total. The SMILES string of the molecule is COc1cccc2c1n(Cc1nnccc1OC(C)C)c(=O)n2C1CCN(c2c(C)cccc2F)C1. The van der Waals surface area contributed by atoms with Gasteiger partial charge in [-0.2, -0.15) is 5.10 Å². The summed E-state index contributed by atoms with van der Waals surface area (Å²) >= 11 is 0. The second-order valence-corrected chi connectivity index (χ2v) is 9.37. The molecule has 0 spiro atoms. The molecule has 8 nitrogen and oxygen atoms in total. The number of anilines is 1. The first-order valence-electron chi connectivity index (χ1n) is 12.1. The van der Waals surface area contributed by atoms with Crippen LogP contribution < -0.4 is 20.1 Å². The van der Waals surface area contributed by atoms with E-state index >= 15 is 0 Å². The van der Waals surface area contributed by atoms with Crippen molar-refractivity contribution < 1.29 is 13.9 Å². The number of para-hydroxylation sites is 2. The summed E-state index contributed by atoms with van der Waals surface area (Å²) in [4.78, 5) is 16.0. The van der Waals surface area contributed by atoms with Gasteiger partial charge in [0.05, 0.1) is 43.2 Å². The topological polar surface area (TPSA) is 74.4 Å². The van der Waals surface area contributed by atoms with Crippen molar-refractivity contribution >= 4 is 16.7 Å². The van der Waals surface area contributed by atoms with Crippen LogP contribution in [0.4, 0.5) is 10.1 Å². The van der Waals surface area contributed by atoms with E-state index in [4.69, 9.17) is 9.47 Å². The summed E-state index contributed by atoms with van der Waals surface area (Å²) in [7, 11) is 1.59. The Morgan fingerprint density at radius 3 is 2.69 bits per heavy atom. The van der Waals surface area contributed by atoms with E-state index in [9.17, 15) is 9.18 Å². The quantitative estimate of drug-likeness (QED) is 0.383.